The minimum Gasteiger partial charge on any atom is -0.490 e. The Morgan fingerprint density at radius 1 is 1.05 bits per heavy atom. The standard InChI is InChI=1S/C30H37N3O4/c1-2-36-29(30(35)32-26(22-34)24-9-4-3-5-10-24)21-23-13-15-25(16-14-23)31-17-8-18-33-19-20-37-28-12-7-6-11-27(28)33/h3-7,9-16,26,29,31,34H,2,8,17-22H2,1H3,(H,32,35)/t26?,29-/m1/s1. The zero-order valence-electron chi connectivity index (χ0n) is 21.4. The maximum absolute atomic E-state index is 13.0. The normalized spacial score (nSPS) is 14.3. The summed E-state index contributed by atoms with van der Waals surface area (Å²) >= 11 is 0. The van der Waals surface area contributed by atoms with Gasteiger partial charge in [-0.2, -0.15) is 0 Å². The number of para-hydroxylation sites is 2. The smallest absolute Gasteiger partial charge is 0.250 e. The highest BCUT2D eigenvalue weighted by atomic mass is 16.5. The second kappa shape index (κ2) is 13.7. The molecule has 1 heterocycles. The van der Waals surface area contributed by atoms with E-state index in [0.717, 1.165) is 55.2 Å². The number of amides is 1. The Balaban J connectivity index is 1.25. The Labute approximate surface area is 219 Å². The summed E-state index contributed by atoms with van der Waals surface area (Å²) in [5, 5.41) is 16.2. The first-order valence-corrected chi connectivity index (χ1v) is 13.0. The minimum absolute atomic E-state index is 0.174. The van der Waals surface area contributed by atoms with Crippen LogP contribution in [0.3, 0.4) is 0 Å². The molecule has 0 saturated carbocycles. The lowest BCUT2D eigenvalue weighted by atomic mass is 10.0. The van der Waals surface area contributed by atoms with Crippen molar-refractivity contribution in [2.24, 2.45) is 0 Å². The number of aliphatic hydroxyl groups excluding tert-OH is 1. The van der Waals surface area contributed by atoms with Crippen LogP contribution in [-0.2, 0) is 16.0 Å². The number of fused-ring (bicyclic) bond motifs is 1. The molecule has 3 aromatic carbocycles. The molecule has 37 heavy (non-hydrogen) atoms. The molecule has 1 aliphatic rings. The number of carbonyl (C=O) groups is 1. The number of aliphatic hydroxyl groups is 1. The van der Waals surface area contributed by atoms with Crippen molar-refractivity contribution in [2.75, 3.05) is 49.7 Å². The van der Waals surface area contributed by atoms with Crippen LogP contribution in [0, 0.1) is 0 Å². The van der Waals surface area contributed by atoms with Crippen molar-refractivity contribution >= 4 is 17.3 Å². The summed E-state index contributed by atoms with van der Waals surface area (Å²) in [6.07, 6.45) is 0.845. The number of nitrogens with zero attached hydrogens (tertiary/aromatic N) is 1. The first-order chi connectivity index (χ1) is 18.2. The highest BCUT2D eigenvalue weighted by Gasteiger charge is 2.23. The quantitative estimate of drug-likeness (QED) is 0.304. The van der Waals surface area contributed by atoms with Crippen molar-refractivity contribution in [3.8, 4) is 5.75 Å². The molecular weight excluding hydrogens is 466 g/mol. The van der Waals surface area contributed by atoms with E-state index in [4.69, 9.17) is 9.47 Å². The molecule has 1 unspecified atom stereocenters. The predicted molar refractivity (Wildman–Crippen MR) is 147 cm³/mol. The molecular formula is C30H37N3O4. The van der Waals surface area contributed by atoms with Gasteiger partial charge in [0.2, 0.25) is 5.91 Å². The summed E-state index contributed by atoms with van der Waals surface area (Å²) in [4.78, 5) is 15.3. The van der Waals surface area contributed by atoms with Crippen LogP contribution in [0.2, 0.25) is 0 Å². The lowest BCUT2D eigenvalue weighted by Crippen LogP contribution is -2.41. The van der Waals surface area contributed by atoms with Gasteiger partial charge in [-0.15, -0.1) is 0 Å². The maximum Gasteiger partial charge on any atom is 0.250 e. The van der Waals surface area contributed by atoms with E-state index in [1.807, 2.05) is 79.7 Å². The lowest BCUT2D eigenvalue weighted by Gasteiger charge is -2.31. The first kappa shape index (κ1) is 26.5. The summed E-state index contributed by atoms with van der Waals surface area (Å²) < 4.78 is 11.5. The molecule has 0 spiro atoms. The van der Waals surface area contributed by atoms with Crippen molar-refractivity contribution < 1.29 is 19.4 Å². The van der Waals surface area contributed by atoms with Crippen LogP contribution in [0.1, 0.15) is 30.5 Å². The van der Waals surface area contributed by atoms with Gasteiger partial charge in [0.1, 0.15) is 18.5 Å². The van der Waals surface area contributed by atoms with Gasteiger partial charge in [-0.05, 0) is 48.7 Å². The van der Waals surface area contributed by atoms with Crippen molar-refractivity contribution in [3.63, 3.8) is 0 Å². The fraction of sp³-hybridized carbons (Fsp3) is 0.367. The van der Waals surface area contributed by atoms with Gasteiger partial charge in [-0.1, -0.05) is 54.6 Å². The summed E-state index contributed by atoms with van der Waals surface area (Å²) in [5.41, 5.74) is 4.10. The van der Waals surface area contributed by atoms with E-state index < -0.39 is 12.1 Å². The fourth-order valence-electron chi connectivity index (χ4n) is 4.55. The highest BCUT2D eigenvalue weighted by molar-refractivity contribution is 5.81. The van der Waals surface area contributed by atoms with Crippen molar-refractivity contribution in [1.82, 2.24) is 5.32 Å². The third kappa shape index (κ3) is 7.47. The maximum atomic E-state index is 13.0. The van der Waals surface area contributed by atoms with E-state index in [-0.39, 0.29) is 12.5 Å². The van der Waals surface area contributed by atoms with Gasteiger partial charge in [0.05, 0.1) is 24.9 Å². The topological polar surface area (TPSA) is 83.1 Å². The van der Waals surface area contributed by atoms with E-state index in [0.29, 0.717) is 13.0 Å². The van der Waals surface area contributed by atoms with Gasteiger partial charge in [0.15, 0.2) is 0 Å². The van der Waals surface area contributed by atoms with Crippen LogP contribution < -0.4 is 20.3 Å². The zero-order chi connectivity index (χ0) is 25.9. The van der Waals surface area contributed by atoms with Crippen LogP contribution in [-0.4, -0.2) is 56.6 Å². The second-order valence-electron chi connectivity index (χ2n) is 9.08. The summed E-state index contributed by atoms with van der Waals surface area (Å²) in [6.45, 7) is 5.60. The molecule has 7 heteroatoms. The number of carbonyl (C=O) groups excluding carboxylic acids is 1. The van der Waals surface area contributed by atoms with E-state index >= 15 is 0 Å². The third-order valence-corrected chi connectivity index (χ3v) is 6.49. The summed E-state index contributed by atoms with van der Waals surface area (Å²) in [5.74, 6) is 0.736. The number of ether oxygens (including phenoxy) is 2. The van der Waals surface area contributed by atoms with E-state index in [2.05, 4.69) is 21.6 Å². The minimum atomic E-state index is -0.627. The Kier molecular flexibility index (Phi) is 9.80. The summed E-state index contributed by atoms with van der Waals surface area (Å²) in [7, 11) is 0. The molecule has 2 atom stereocenters. The van der Waals surface area contributed by atoms with Gasteiger partial charge in [-0.25, -0.2) is 0 Å². The highest BCUT2D eigenvalue weighted by Crippen LogP contribution is 2.30. The molecule has 1 amide bonds. The molecule has 7 nitrogen and oxygen atoms in total. The van der Waals surface area contributed by atoms with Gasteiger partial charge in [-0.3, -0.25) is 4.79 Å². The Bertz CT molecular complexity index is 1110. The van der Waals surface area contributed by atoms with E-state index in [1.165, 1.54) is 5.69 Å². The second-order valence-corrected chi connectivity index (χ2v) is 9.08. The molecule has 196 valence electrons. The van der Waals surface area contributed by atoms with Gasteiger partial charge in [0, 0.05) is 31.8 Å². The predicted octanol–water partition coefficient (Wildman–Crippen LogP) is 4.19. The van der Waals surface area contributed by atoms with Gasteiger partial charge >= 0.3 is 0 Å². The molecule has 4 rings (SSSR count). The average Bonchev–Trinajstić information content (AvgIpc) is 2.95. The van der Waals surface area contributed by atoms with Crippen molar-refractivity contribution in [1.29, 1.82) is 0 Å². The van der Waals surface area contributed by atoms with Crippen LogP contribution in [0.15, 0.2) is 78.9 Å². The molecule has 0 aliphatic carbocycles. The SMILES string of the molecule is CCO[C@H](Cc1ccc(NCCCN2CCOc3ccccc32)cc1)C(=O)NC(CO)c1ccccc1. The average molecular weight is 504 g/mol. The van der Waals surface area contributed by atoms with Crippen molar-refractivity contribution in [3.05, 3.63) is 90.0 Å². The molecule has 0 bridgehead atoms. The number of hydrogen-bond acceptors (Lipinski definition) is 6. The Morgan fingerprint density at radius 3 is 2.57 bits per heavy atom. The van der Waals surface area contributed by atoms with Gasteiger partial charge < -0.3 is 30.1 Å². The number of nitrogens with one attached hydrogen (secondary N) is 2. The Hall–Kier alpha value is -3.55. The largest absolute Gasteiger partial charge is 0.490 e. The molecule has 0 radical (unpaired) electrons. The van der Waals surface area contributed by atoms with Gasteiger partial charge in [0.25, 0.3) is 0 Å². The first-order valence-electron chi connectivity index (χ1n) is 13.0. The molecule has 0 aromatic heterocycles. The molecule has 0 fully saturated rings. The van der Waals surface area contributed by atoms with Crippen LogP contribution in [0.5, 0.6) is 5.75 Å². The molecule has 3 aromatic rings. The van der Waals surface area contributed by atoms with Crippen LogP contribution >= 0.6 is 0 Å². The molecule has 1 aliphatic heterocycles. The molecule has 0 saturated heterocycles. The zero-order valence-corrected chi connectivity index (χ0v) is 21.4. The number of benzene rings is 3. The lowest BCUT2D eigenvalue weighted by molar-refractivity contribution is -0.133. The summed E-state index contributed by atoms with van der Waals surface area (Å²) in [6, 6.07) is 25.3. The molecule has 3 N–H and O–H groups in total. The van der Waals surface area contributed by atoms with E-state index in [1.54, 1.807) is 0 Å². The van der Waals surface area contributed by atoms with Crippen LogP contribution in [0.4, 0.5) is 11.4 Å². The fourth-order valence-corrected chi connectivity index (χ4v) is 4.55. The van der Waals surface area contributed by atoms with E-state index in [9.17, 15) is 9.90 Å². The number of anilines is 2. The van der Waals surface area contributed by atoms with Crippen molar-refractivity contribution in [2.45, 2.75) is 31.9 Å². The Morgan fingerprint density at radius 2 is 1.81 bits per heavy atom. The number of hydrogen-bond donors (Lipinski definition) is 3. The van der Waals surface area contributed by atoms with Crippen LogP contribution in [0.25, 0.3) is 0 Å². The number of rotatable bonds is 13. The monoisotopic (exact) mass is 503 g/mol. The third-order valence-electron chi connectivity index (χ3n) is 6.49.